The first kappa shape index (κ1) is 28.4. The number of carbonyl (C=O) groups excluding carboxylic acids is 2. The standard InChI is InChI=1S/C31H33N5O4/c1-36-30(24-12-7-4-8-13-24)28(23-10-5-3-6-11-23)34-29(31(36)38)25(21-33-35-32)14-9-19-40-27(37)20-22-15-17-26(39-2)18-16-22/h3-8,10-13,15-18,25,28,30H,9,14,19-21H2,1-2H3/t25-,28?,30?/m1/s1. The Labute approximate surface area is 234 Å². The van der Waals surface area contributed by atoms with E-state index in [-0.39, 0.29) is 43.5 Å². The lowest BCUT2D eigenvalue weighted by molar-refractivity contribution is -0.143. The Hall–Kier alpha value is -4.62. The third kappa shape index (κ3) is 7.07. The van der Waals surface area contributed by atoms with Gasteiger partial charge in [-0.1, -0.05) is 77.9 Å². The Kier molecular flexibility index (Phi) is 9.91. The zero-order chi connectivity index (χ0) is 28.3. The minimum atomic E-state index is -0.408. The van der Waals surface area contributed by atoms with E-state index in [0.29, 0.717) is 18.6 Å². The molecule has 40 heavy (non-hydrogen) atoms. The van der Waals surface area contributed by atoms with E-state index in [9.17, 15) is 9.59 Å². The quantitative estimate of drug-likeness (QED) is 0.0938. The molecule has 0 spiro atoms. The Morgan fingerprint density at radius 3 is 2.30 bits per heavy atom. The number of likely N-dealkylation sites (N-methyl/N-ethyl adjacent to an activating group) is 1. The van der Waals surface area contributed by atoms with Gasteiger partial charge in [0.15, 0.2) is 0 Å². The van der Waals surface area contributed by atoms with Crippen molar-refractivity contribution in [1.82, 2.24) is 4.90 Å². The molecule has 0 radical (unpaired) electrons. The third-order valence-corrected chi connectivity index (χ3v) is 7.04. The summed E-state index contributed by atoms with van der Waals surface area (Å²) in [7, 11) is 3.38. The number of rotatable bonds is 12. The van der Waals surface area contributed by atoms with E-state index in [4.69, 9.17) is 20.0 Å². The smallest absolute Gasteiger partial charge is 0.310 e. The van der Waals surface area contributed by atoms with Gasteiger partial charge in [0.1, 0.15) is 17.5 Å². The molecule has 3 aromatic rings. The monoisotopic (exact) mass is 539 g/mol. The molecular formula is C31H33N5O4. The number of hydrogen-bond acceptors (Lipinski definition) is 6. The largest absolute Gasteiger partial charge is 0.497 e. The summed E-state index contributed by atoms with van der Waals surface area (Å²) < 4.78 is 10.6. The average molecular weight is 540 g/mol. The summed E-state index contributed by atoms with van der Waals surface area (Å²) in [5, 5.41) is 3.78. The second-order valence-corrected chi connectivity index (χ2v) is 9.64. The number of nitrogens with zero attached hydrogens (tertiary/aromatic N) is 5. The number of ether oxygens (including phenoxy) is 2. The van der Waals surface area contributed by atoms with Crippen molar-refractivity contribution in [2.45, 2.75) is 31.3 Å². The van der Waals surface area contributed by atoms with Crippen LogP contribution in [0.1, 0.15) is 41.6 Å². The fourth-order valence-electron chi connectivity index (χ4n) is 4.96. The van der Waals surface area contributed by atoms with Gasteiger partial charge >= 0.3 is 5.97 Å². The zero-order valence-electron chi connectivity index (χ0n) is 22.7. The van der Waals surface area contributed by atoms with E-state index in [1.807, 2.05) is 72.8 Å². The summed E-state index contributed by atoms with van der Waals surface area (Å²) in [6, 6.07) is 26.4. The molecule has 4 rings (SSSR count). The fraction of sp³-hybridized carbons (Fsp3) is 0.323. The molecule has 0 fully saturated rings. The van der Waals surface area contributed by atoms with Crippen LogP contribution in [0.25, 0.3) is 10.4 Å². The summed E-state index contributed by atoms with van der Waals surface area (Å²) in [5.41, 5.74) is 12.2. The summed E-state index contributed by atoms with van der Waals surface area (Å²) >= 11 is 0. The van der Waals surface area contributed by atoms with Crippen LogP contribution in [0.2, 0.25) is 0 Å². The van der Waals surface area contributed by atoms with E-state index in [1.165, 1.54) is 0 Å². The van der Waals surface area contributed by atoms with Crippen LogP contribution in [-0.2, 0) is 20.7 Å². The van der Waals surface area contributed by atoms with E-state index in [1.54, 1.807) is 31.2 Å². The molecular weight excluding hydrogens is 506 g/mol. The number of amides is 1. The number of carbonyl (C=O) groups is 2. The predicted molar refractivity (Wildman–Crippen MR) is 153 cm³/mol. The van der Waals surface area contributed by atoms with Gasteiger partial charge in [0.2, 0.25) is 0 Å². The van der Waals surface area contributed by atoms with Crippen molar-refractivity contribution in [3.8, 4) is 5.75 Å². The van der Waals surface area contributed by atoms with Gasteiger partial charge in [-0.25, -0.2) is 0 Å². The normalized spacial score (nSPS) is 17.4. The summed E-state index contributed by atoms with van der Waals surface area (Å²) in [6.07, 6.45) is 1.13. The molecule has 9 heteroatoms. The summed E-state index contributed by atoms with van der Waals surface area (Å²) in [6.45, 7) is 0.278. The zero-order valence-corrected chi connectivity index (χ0v) is 22.7. The lowest BCUT2D eigenvalue weighted by Gasteiger charge is -2.39. The van der Waals surface area contributed by atoms with Crippen LogP contribution in [-0.4, -0.2) is 49.8 Å². The molecule has 0 bridgehead atoms. The molecule has 3 aromatic carbocycles. The minimum Gasteiger partial charge on any atom is -0.497 e. The van der Waals surface area contributed by atoms with Crippen LogP contribution in [0.15, 0.2) is 95.0 Å². The van der Waals surface area contributed by atoms with Gasteiger partial charge < -0.3 is 14.4 Å². The Bertz CT molecular complexity index is 1360. The highest BCUT2D eigenvalue weighted by Gasteiger charge is 2.39. The van der Waals surface area contributed by atoms with Gasteiger partial charge in [0, 0.05) is 24.4 Å². The average Bonchev–Trinajstić information content (AvgIpc) is 2.99. The first-order valence-corrected chi connectivity index (χ1v) is 13.3. The molecule has 0 aromatic heterocycles. The number of methoxy groups -OCH3 is 1. The van der Waals surface area contributed by atoms with Crippen LogP contribution in [0.5, 0.6) is 5.75 Å². The minimum absolute atomic E-state index is 0.0895. The molecule has 2 unspecified atom stereocenters. The van der Waals surface area contributed by atoms with E-state index >= 15 is 0 Å². The molecule has 3 atom stereocenters. The van der Waals surface area contributed by atoms with Crippen molar-refractivity contribution in [3.05, 3.63) is 112 Å². The van der Waals surface area contributed by atoms with Crippen molar-refractivity contribution >= 4 is 17.6 Å². The van der Waals surface area contributed by atoms with Gasteiger partial charge in [0.05, 0.1) is 26.2 Å². The number of azide groups is 1. The first-order chi connectivity index (χ1) is 19.5. The molecule has 206 valence electrons. The van der Waals surface area contributed by atoms with Crippen molar-refractivity contribution in [3.63, 3.8) is 0 Å². The van der Waals surface area contributed by atoms with Gasteiger partial charge in [-0.3, -0.25) is 14.6 Å². The maximum absolute atomic E-state index is 13.6. The third-order valence-electron chi connectivity index (χ3n) is 7.04. The van der Waals surface area contributed by atoms with Crippen LogP contribution in [0, 0.1) is 5.92 Å². The number of aliphatic imine (C=N–C) groups is 1. The van der Waals surface area contributed by atoms with Crippen molar-refractivity contribution in [2.24, 2.45) is 16.0 Å². The summed E-state index contributed by atoms with van der Waals surface area (Å²) in [5.74, 6) is -0.222. The molecule has 1 amide bonds. The molecule has 9 nitrogen and oxygen atoms in total. The summed E-state index contributed by atoms with van der Waals surface area (Å²) in [4.78, 5) is 35.6. The number of esters is 1. The molecule has 1 heterocycles. The lowest BCUT2D eigenvalue weighted by atomic mass is 9.87. The molecule has 0 N–H and O–H groups in total. The van der Waals surface area contributed by atoms with Crippen molar-refractivity contribution in [1.29, 1.82) is 0 Å². The lowest BCUT2D eigenvalue weighted by Crippen LogP contribution is -2.46. The van der Waals surface area contributed by atoms with Gasteiger partial charge in [0.25, 0.3) is 5.91 Å². The van der Waals surface area contributed by atoms with Crippen LogP contribution in [0.4, 0.5) is 0 Å². The van der Waals surface area contributed by atoms with Crippen molar-refractivity contribution in [2.75, 3.05) is 27.3 Å². The van der Waals surface area contributed by atoms with Gasteiger partial charge in [-0.05, 0) is 47.2 Å². The topological polar surface area (TPSA) is 117 Å². The second kappa shape index (κ2) is 14.0. The Morgan fingerprint density at radius 2 is 1.68 bits per heavy atom. The molecule has 1 aliphatic heterocycles. The number of benzene rings is 3. The van der Waals surface area contributed by atoms with Crippen molar-refractivity contribution < 1.29 is 19.1 Å². The highest BCUT2D eigenvalue weighted by atomic mass is 16.5. The second-order valence-electron chi connectivity index (χ2n) is 9.64. The van der Waals surface area contributed by atoms with E-state index in [2.05, 4.69) is 10.0 Å². The molecule has 0 aliphatic carbocycles. The van der Waals surface area contributed by atoms with Crippen LogP contribution < -0.4 is 4.74 Å². The SMILES string of the molecule is COc1ccc(CC(=O)OCCC[C@H](CN=[N+]=[N-])C2=NC(c3ccccc3)C(c3ccccc3)N(C)C2=O)cc1. The van der Waals surface area contributed by atoms with Gasteiger partial charge in [-0.15, -0.1) is 0 Å². The molecule has 0 saturated heterocycles. The maximum Gasteiger partial charge on any atom is 0.310 e. The molecule has 1 aliphatic rings. The number of hydrogen-bond donors (Lipinski definition) is 0. The predicted octanol–water partition coefficient (Wildman–Crippen LogP) is 5.88. The highest BCUT2D eigenvalue weighted by molar-refractivity contribution is 6.40. The van der Waals surface area contributed by atoms with Gasteiger partial charge in [-0.2, -0.15) is 0 Å². The molecule has 0 saturated carbocycles. The maximum atomic E-state index is 13.6. The van der Waals surface area contributed by atoms with E-state index < -0.39 is 5.92 Å². The highest BCUT2D eigenvalue weighted by Crippen LogP contribution is 2.40. The Balaban J connectivity index is 1.49. The van der Waals surface area contributed by atoms with Crippen LogP contribution in [0.3, 0.4) is 0 Å². The first-order valence-electron chi connectivity index (χ1n) is 13.3. The van der Waals surface area contributed by atoms with Crippen LogP contribution >= 0.6 is 0 Å². The Morgan fingerprint density at radius 1 is 1.02 bits per heavy atom. The van der Waals surface area contributed by atoms with E-state index in [0.717, 1.165) is 22.4 Å². The fourth-order valence-corrected chi connectivity index (χ4v) is 4.96.